The van der Waals surface area contributed by atoms with Crippen LogP contribution in [0.1, 0.15) is 96.1 Å². The molecule has 2 aliphatic heterocycles. The van der Waals surface area contributed by atoms with Crippen LogP contribution in [0.3, 0.4) is 0 Å². The fourth-order valence-corrected chi connectivity index (χ4v) is 13.6. The van der Waals surface area contributed by atoms with Crippen molar-refractivity contribution in [1.82, 2.24) is 15.1 Å². The van der Waals surface area contributed by atoms with Crippen molar-refractivity contribution >= 4 is 109 Å². The second-order valence-corrected chi connectivity index (χ2v) is 28.8. The normalized spacial score (nSPS) is 11.5. The zero-order valence-electron chi connectivity index (χ0n) is 68.9. The number of esters is 1. The molecule has 0 fully saturated rings. The van der Waals surface area contributed by atoms with Gasteiger partial charge in [0.25, 0.3) is 0 Å². The Morgan fingerprint density at radius 2 is 1.00 bits per heavy atom. The molecule has 124 heavy (non-hydrogen) atoms. The molecule has 2 unspecified atom stereocenters. The van der Waals surface area contributed by atoms with Crippen molar-refractivity contribution in [3.63, 3.8) is 0 Å². The molecule has 0 saturated heterocycles. The molecule has 14 N–H and O–H groups in total. The highest BCUT2D eigenvalue weighted by atomic mass is 32.2. The van der Waals surface area contributed by atoms with Gasteiger partial charge in [0.1, 0.15) is 55.2 Å². The summed E-state index contributed by atoms with van der Waals surface area (Å²) in [6.45, 7) is 10.8. The van der Waals surface area contributed by atoms with E-state index in [0.717, 1.165) is 79.6 Å². The molecule has 2 atom stereocenters. The first-order valence-corrected chi connectivity index (χ1v) is 39.2. The minimum atomic E-state index is -5.91. The van der Waals surface area contributed by atoms with Crippen LogP contribution in [0.15, 0.2) is 111 Å². The van der Waals surface area contributed by atoms with E-state index in [1.54, 1.807) is 43.5 Å². The lowest BCUT2D eigenvalue weighted by Gasteiger charge is -2.27. The summed E-state index contributed by atoms with van der Waals surface area (Å²) in [5, 5.41) is 55.6. The average molecular weight is 1770 g/mol. The largest absolute Gasteiger partial charge is 0.744 e. The summed E-state index contributed by atoms with van der Waals surface area (Å²) in [5.74, 6) is -16.5. The molecule has 4 aliphatic rings. The maximum absolute atomic E-state index is 14.3. The summed E-state index contributed by atoms with van der Waals surface area (Å²) in [5.41, 5.74) is 28.5. The van der Waals surface area contributed by atoms with Gasteiger partial charge >= 0.3 is 42.4 Å². The zero-order chi connectivity index (χ0) is 93.4. The van der Waals surface area contributed by atoms with Crippen LogP contribution in [0, 0.1) is 37.1 Å². The maximum Gasteiger partial charge on any atom is 0.449 e. The molecule has 2 aliphatic carbocycles. The molecule has 0 bridgehead atoms. The number of amides is 1. The third kappa shape index (κ3) is 29.3. The highest BCUT2D eigenvalue weighted by molar-refractivity contribution is 7.85. The number of halogens is 7. The SMILES string of the molecule is CC(=O)C(F)(F)F.CCN(CCCC(=O)NCCCCC(C(=O)[O-])N(C)CC(=O)O)c1cc(OC)c(-c2c3ccc(=[NH2+])cc-3oc3cc(N)ccc23)cc1C.CCN(CCCC(=O)Oc1c(F)c(F)c(S(=O)(=O)[O-])c(F)c1F)c1cc(OC)c(-c2c3ccc(=[NH2+])cc-3oc3cc(N)ccc23)cc1C.CN(CC(=O)O)C(CCCCN)C(=O)O.O=C=O.O=C=O. The number of anilines is 4. The van der Waals surface area contributed by atoms with Gasteiger partial charge in [0, 0.05) is 162 Å². The summed E-state index contributed by atoms with van der Waals surface area (Å²) >= 11 is 0. The second kappa shape index (κ2) is 48.5. The summed E-state index contributed by atoms with van der Waals surface area (Å²) in [7, 11) is 0.214. The lowest BCUT2D eigenvalue weighted by Crippen LogP contribution is -2.48. The number of alkyl halides is 3. The Morgan fingerprint density at radius 1 is 0.597 bits per heavy atom. The van der Waals surface area contributed by atoms with E-state index in [-0.39, 0.29) is 50.7 Å². The fraction of sp³-hybridized carbons (Fsp3) is 0.361. The topological polar surface area (TPSA) is 537 Å². The number of aryl methyl sites for hydroxylation is 2. The Labute approximate surface area is 705 Å². The highest BCUT2D eigenvalue weighted by Gasteiger charge is 2.35. The van der Waals surface area contributed by atoms with Crippen molar-refractivity contribution in [3.05, 3.63) is 142 Å². The number of unbranched alkanes of at least 4 members (excludes halogenated alkanes) is 2. The van der Waals surface area contributed by atoms with Crippen molar-refractivity contribution in [1.29, 1.82) is 0 Å². The molecule has 9 rings (SSSR count). The minimum Gasteiger partial charge on any atom is -0.744 e. The number of hydrogen-bond acceptors (Lipinski definition) is 27. The van der Waals surface area contributed by atoms with E-state index in [1.807, 2.05) is 73.3 Å². The molecule has 0 aromatic heterocycles. The van der Waals surface area contributed by atoms with Gasteiger partial charge in [-0.15, -0.1) is 0 Å². The first-order valence-electron chi connectivity index (χ1n) is 37.8. The smallest absolute Gasteiger partial charge is 0.449 e. The van der Waals surface area contributed by atoms with Crippen molar-refractivity contribution in [2.75, 3.05) is 102 Å². The molecule has 0 saturated carbocycles. The predicted octanol–water partition coefficient (Wildman–Crippen LogP) is 5.78. The van der Waals surface area contributed by atoms with Gasteiger partial charge in [-0.2, -0.15) is 41.1 Å². The number of benzene rings is 7. The van der Waals surface area contributed by atoms with Crippen LogP contribution in [-0.4, -0.2) is 191 Å². The highest BCUT2D eigenvalue weighted by Crippen LogP contribution is 2.48. The number of nitrogens with two attached hydrogens (primary N) is 5. The molecule has 670 valence electrons. The van der Waals surface area contributed by atoms with Gasteiger partial charge in [0.15, 0.2) is 22.3 Å². The summed E-state index contributed by atoms with van der Waals surface area (Å²) < 4.78 is 151. The number of fused-ring (bicyclic) bond motifs is 4. The van der Waals surface area contributed by atoms with Crippen LogP contribution in [0.25, 0.3) is 66.8 Å². The summed E-state index contributed by atoms with van der Waals surface area (Å²) in [4.78, 5) is 115. The van der Waals surface area contributed by atoms with Crippen molar-refractivity contribution in [2.45, 2.75) is 122 Å². The monoisotopic (exact) mass is 1760 g/mol. The number of rotatable bonds is 35. The van der Waals surface area contributed by atoms with E-state index in [2.05, 4.69) is 34.9 Å². The van der Waals surface area contributed by atoms with Crippen LogP contribution < -0.4 is 73.2 Å². The third-order valence-electron chi connectivity index (χ3n) is 18.8. The number of nitrogens with one attached hydrogen (secondary N) is 1. The quantitative estimate of drug-likeness (QED) is 0.00332. The minimum absolute atomic E-state index is 0.0790. The molecule has 5 aromatic carbocycles. The average Bonchev–Trinajstić information content (AvgIpc) is 0.725. The number of methoxy groups -OCH3 is 2. The molecule has 41 heteroatoms. The number of carbonyl (C=O) groups is 7. The zero-order valence-corrected chi connectivity index (χ0v) is 69.7. The van der Waals surface area contributed by atoms with Crippen molar-refractivity contribution in [3.8, 4) is 62.1 Å². The van der Waals surface area contributed by atoms with Crippen molar-refractivity contribution < 1.29 is 151 Å². The van der Waals surface area contributed by atoms with Gasteiger partial charge in [0.05, 0.1) is 45.4 Å². The number of likely N-dealkylation sites (N-methyl/N-ethyl adjacent to an activating group) is 2. The van der Waals surface area contributed by atoms with E-state index in [0.29, 0.717) is 128 Å². The molecular weight excluding hydrogens is 1670 g/mol. The van der Waals surface area contributed by atoms with E-state index < -0.39 is 104 Å². The van der Waals surface area contributed by atoms with E-state index in [1.165, 1.54) is 31.0 Å². The number of carboxylic acid groups (broad SMARTS) is 4. The molecule has 33 nitrogen and oxygen atoms in total. The number of nitrogen functional groups attached to an aromatic ring is 2. The Bertz CT molecular complexity index is 5490. The van der Waals surface area contributed by atoms with Gasteiger partial charge in [-0.3, -0.25) is 49.4 Å². The number of carboxylic acids is 4. The number of ketones is 1. The Balaban J connectivity index is 0.000000398. The van der Waals surface area contributed by atoms with Crippen LogP contribution in [0.5, 0.6) is 17.2 Å². The van der Waals surface area contributed by atoms with Crippen LogP contribution in [0.4, 0.5) is 53.5 Å². The van der Waals surface area contributed by atoms with Gasteiger partial charge in [-0.25, -0.2) is 17.2 Å². The van der Waals surface area contributed by atoms with Gasteiger partial charge < -0.3 is 85.1 Å². The van der Waals surface area contributed by atoms with Crippen LogP contribution in [-0.2, 0) is 62.9 Å². The number of hydrogen-bond donors (Lipinski definition) is 9. The summed E-state index contributed by atoms with van der Waals surface area (Å²) in [6.07, 6.45) is -0.330. The van der Waals surface area contributed by atoms with Crippen LogP contribution >= 0.6 is 0 Å². The molecular formula is C83H95F7N10O23S. The Kier molecular flexibility index (Phi) is 40.3. The second-order valence-electron chi connectivity index (χ2n) is 27.5. The molecule has 0 spiro atoms. The lowest BCUT2D eigenvalue weighted by atomic mass is 9.91. The summed E-state index contributed by atoms with van der Waals surface area (Å²) in [6, 6.07) is 28.1. The van der Waals surface area contributed by atoms with Gasteiger partial charge in [0.2, 0.25) is 29.1 Å². The van der Waals surface area contributed by atoms with Crippen LogP contribution in [0.2, 0.25) is 0 Å². The number of carbonyl (C=O) groups excluding carboxylic acids is 8. The lowest BCUT2D eigenvalue weighted by molar-refractivity contribution is -0.311. The Morgan fingerprint density at radius 3 is 1.37 bits per heavy atom. The number of Topliss-reactive ketones (excluding diaryl/α,β-unsaturated/α-hetero) is 1. The fourth-order valence-electron chi connectivity index (χ4n) is 13.0. The first-order chi connectivity index (χ1) is 58.3. The van der Waals surface area contributed by atoms with E-state index in [4.69, 9.17) is 80.8 Å². The standard InChI is InChI=1S/C36H45N5O7.C33H29F4N3O7S.C9H18N2O4.C3H3F3O.2CO2/c1-5-41(16-8-10-33(42)39-15-7-6-9-28(36(45)46)40(3)21-34(43)44)29-20-30(47-4)27(17-22(29)2)35-25-13-11-23(37)18-31(25)48-32-19-24(38)12-14-26(32)35;1-4-40(11-5-6-26(41)47-32-28(34)30(36)33(48(42,43)44)31(37)29(32)35)22-15-23(45-3)21(12-16(22)2)27-19-9-7-17(38)13-24(19)46-25-14-18(39)8-10-20(25)27;1-11(6-8(12)13)7(9(14)15)4-2-3-5-10;1-2(7)3(4,5)6;2*2-1-3/h11-14,17-20,28,37H,5-10,15-16,21,38H2,1-4H3,(H,39,42)(H,43,44)(H,45,46);7-10,12-15,38H,4-6,11,39H2,1-3H3,(H,42,43,44);7H,2-6,10H2,1H3,(H,12,13)(H,14,15);1H3;;. The third-order valence-corrected chi connectivity index (χ3v) is 19.7. The molecule has 1 amide bonds. The molecule has 5 aromatic rings. The molecule has 2 heterocycles. The number of ether oxygens (including phenoxy) is 3. The van der Waals surface area contributed by atoms with E-state index in [9.17, 15) is 82.4 Å². The maximum atomic E-state index is 14.3. The molecule has 0 radical (unpaired) electrons. The first kappa shape index (κ1) is 103. The number of nitrogens with zero attached hydrogens (tertiary/aromatic N) is 4. The van der Waals surface area contributed by atoms with Crippen molar-refractivity contribution in [2.24, 2.45) is 5.73 Å². The van der Waals surface area contributed by atoms with Gasteiger partial charge in [-0.05, 0) is 153 Å². The van der Waals surface area contributed by atoms with Gasteiger partial charge in [-0.1, -0.05) is 6.42 Å². The Hall–Kier alpha value is -13.2. The van der Waals surface area contributed by atoms with E-state index >= 15 is 0 Å². The predicted molar refractivity (Wildman–Crippen MR) is 429 cm³/mol. The number of aliphatic carboxylic acids is 4.